The first-order chi connectivity index (χ1) is 9.06. The van der Waals surface area contributed by atoms with Crippen molar-refractivity contribution in [3.05, 3.63) is 33.8 Å². The lowest BCUT2D eigenvalue weighted by Gasteiger charge is -2.32. The molecule has 0 aliphatic carbocycles. The van der Waals surface area contributed by atoms with Crippen LogP contribution < -0.4 is 0 Å². The standard InChI is InChI=1S/C14H20Cl2N2O/c1-17-6-8-18(9-7-17)5-4-14(19)12-10-11(15)2-3-13(12)16/h2-3,10,14,19H,4-9H2,1H3. The van der Waals surface area contributed by atoms with Gasteiger partial charge in [0.2, 0.25) is 0 Å². The zero-order valence-corrected chi connectivity index (χ0v) is 12.7. The SMILES string of the molecule is CN1CCN(CCC(O)c2cc(Cl)ccc2Cl)CC1. The number of nitrogens with zero attached hydrogens (tertiary/aromatic N) is 2. The molecular weight excluding hydrogens is 283 g/mol. The molecule has 1 heterocycles. The van der Waals surface area contributed by atoms with Gasteiger partial charge in [-0.05, 0) is 31.7 Å². The number of benzene rings is 1. The Kier molecular flexibility index (Phi) is 5.48. The average Bonchev–Trinajstić information content (AvgIpc) is 2.40. The molecule has 0 aromatic heterocycles. The molecule has 0 amide bonds. The van der Waals surface area contributed by atoms with E-state index in [2.05, 4.69) is 16.8 Å². The Morgan fingerprint density at radius 2 is 1.89 bits per heavy atom. The van der Waals surface area contributed by atoms with Crippen molar-refractivity contribution >= 4 is 23.2 Å². The van der Waals surface area contributed by atoms with Crippen molar-refractivity contribution in [1.82, 2.24) is 9.80 Å². The van der Waals surface area contributed by atoms with Crippen molar-refractivity contribution in [3.63, 3.8) is 0 Å². The van der Waals surface area contributed by atoms with Crippen LogP contribution in [0.5, 0.6) is 0 Å². The normalized spacial score (nSPS) is 19.6. The number of likely N-dealkylation sites (N-methyl/N-ethyl adjacent to an activating group) is 1. The molecule has 3 nitrogen and oxygen atoms in total. The van der Waals surface area contributed by atoms with Gasteiger partial charge < -0.3 is 14.9 Å². The van der Waals surface area contributed by atoms with E-state index in [1.165, 1.54) is 0 Å². The highest BCUT2D eigenvalue weighted by Gasteiger charge is 2.17. The van der Waals surface area contributed by atoms with E-state index in [0.717, 1.165) is 38.3 Å². The maximum atomic E-state index is 10.2. The summed E-state index contributed by atoms with van der Waals surface area (Å²) in [5, 5.41) is 11.4. The topological polar surface area (TPSA) is 26.7 Å². The van der Waals surface area contributed by atoms with Gasteiger partial charge in [0.25, 0.3) is 0 Å². The first-order valence-electron chi connectivity index (χ1n) is 6.60. The molecule has 2 rings (SSSR count). The second-order valence-electron chi connectivity index (χ2n) is 5.12. The maximum absolute atomic E-state index is 10.2. The fraction of sp³-hybridized carbons (Fsp3) is 0.571. The summed E-state index contributed by atoms with van der Waals surface area (Å²) in [6, 6.07) is 5.22. The van der Waals surface area contributed by atoms with E-state index in [-0.39, 0.29) is 0 Å². The van der Waals surface area contributed by atoms with Crippen LogP contribution in [0, 0.1) is 0 Å². The van der Waals surface area contributed by atoms with Crippen LogP contribution in [-0.2, 0) is 0 Å². The Bertz CT molecular complexity index is 420. The van der Waals surface area contributed by atoms with Crippen LogP contribution in [0.15, 0.2) is 18.2 Å². The third-order valence-corrected chi connectivity index (χ3v) is 4.21. The molecule has 0 spiro atoms. The van der Waals surface area contributed by atoms with Crippen LogP contribution in [0.3, 0.4) is 0 Å². The molecule has 1 aliphatic rings. The van der Waals surface area contributed by atoms with Gasteiger partial charge in [-0.2, -0.15) is 0 Å². The summed E-state index contributed by atoms with van der Waals surface area (Å²) >= 11 is 12.0. The van der Waals surface area contributed by atoms with Crippen molar-refractivity contribution in [2.24, 2.45) is 0 Å². The molecular formula is C14H20Cl2N2O. The summed E-state index contributed by atoms with van der Waals surface area (Å²) in [5.74, 6) is 0. The van der Waals surface area contributed by atoms with Gasteiger partial charge in [0, 0.05) is 48.3 Å². The first-order valence-corrected chi connectivity index (χ1v) is 7.36. The number of halogens is 2. The Labute approximate surface area is 124 Å². The van der Waals surface area contributed by atoms with Crippen LogP contribution in [0.1, 0.15) is 18.1 Å². The fourth-order valence-corrected chi connectivity index (χ4v) is 2.73. The Hall–Kier alpha value is -0.320. The van der Waals surface area contributed by atoms with E-state index < -0.39 is 6.10 Å². The van der Waals surface area contributed by atoms with Crippen LogP contribution in [0.25, 0.3) is 0 Å². The zero-order valence-electron chi connectivity index (χ0n) is 11.1. The number of rotatable bonds is 4. The van der Waals surface area contributed by atoms with Crippen LogP contribution >= 0.6 is 23.2 Å². The molecule has 1 unspecified atom stereocenters. The molecule has 19 heavy (non-hydrogen) atoms. The second kappa shape index (κ2) is 6.91. The monoisotopic (exact) mass is 302 g/mol. The molecule has 0 radical (unpaired) electrons. The highest BCUT2D eigenvalue weighted by atomic mass is 35.5. The molecule has 1 aliphatic heterocycles. The highest BCUT2D eigenvalue weighted by molar-refractivity contribution is 6.33. The number of hydrogen-bond donors (Lipinski definition) is 1. The minimum atomic E-state index is -0.550. The summed E-state index contributed by atoms with van der Waals surface area (Å²) in [6.45, 7) is 5.19. The fourth-order valence-electron chi connectivity index (χ4n) is 2.30. The van der Waals surface area contributed by atoms with E-state index in [0.29, 0.717) is 16.5 Å². The predicted molar refractivity (Wildman–Crippen MR) is 80.0 cm³/mol. The van der Waals surface area contributed by atoms with E-state index in [9.17, 15) is 5.11 Å². The summed E-state index contributed by atoms with van der Waals surface area (Å²) in [5.41, 5.74) is 0.725. The average molecular weight is 303 g/mol. The van der Waals surface area contributed by atoms with Gasteiger partial charge in [0.1, 0.15) is 0 Å². The minimum Gasteiger partial charge on any atom is -0.388 e. The smallest absolute Gasteiger partial charge is 0.0817 e. The van der Waals surface area contributed by atoms with E-state index in [1.807, 2.05) is 0 Å². The van der Waals surface area contributed by atoms with E-state index >= 15 is 0 Å². The Morgan fingerprint density at radius 1 is 1.21 bits per heavy atom. The lowest BCUT2D eigenvalue weighted by Crippen LogP contribution is -2.44. The number of hydrogen-bond acceptors (Lipinski definition) is 3. The van der Waals surface area contributed by atoms with Gasteiger partial charge in [-0.1, -0.05) is 23.2 Å². The van der Waals surface area contributed by atoms with Crippen LogP contribution in [-0.4, -0.2) is 54.7 Å². The van der Waals surface area contributed by atoms with Gasteiger partial charge in [-0.25, -0.2) is 0 Å². The number of aliphatic hydroxyl groups is 1. The Balaban J connectivity index is 1.87. The van der Waals surface area contributed by atoms with Gasteiger partial charge >= 0.3 is 0 Å². The molecule has 1 N–H and O–H groups in total. The Morgan fingerprint density at radius 3 is 2.58 bits per heavy atom. The molecule has 1 saturated heterocycles. The number of piperazine rings is 1. The van der Waals surface area contributed by atoms with Gasteiger partial charge in [-0.15, -0.1) is 0 Å². The van der Waals surface area contributed by atoms with E-state index in [1.54, 1.807) is 18.2 Å². The third kappa shape index (κ3) is 4.33. The summed E-state index contributed by atoms with van der Waals surface area (Å²) in [6.07, 6.45) is 0.134. The predicted octanol–water partition coefficient (Wildman–Crippen LogP) is 2.66. The molecule has 1 aromatic carbocycles. The first kappa shape index (κ1) is 15.1. The summed E-state index contributed by atoms with van der Waals surface area (Å²) in [7, 11) is 2.14. The van der Waals surface area contributed by atoms with Crippen LogP contribution in [0.2, 0.25) is 10.0 Å². The third-order valence-electron chi connectivity index (χ3n) is 3.63. The number of aliphatic hydroxyl groups excluding tert-OH is 1. The summed E-state index contributed by atoms with van der Waals surface area (Å²) in [4.78, 5) is 4.70. The van der Waals surface area contributed by atoms with Crippen molar-refractivity contribution in [1.29, 1.82) is 0 Å². The lowest BCUT2D eigenvalue weighted by molar-refractivity contribution is 0.113. The van der Waals surface area contributed by atoms with Crippen LogP contribution in [0.4, 0.5) is 0 Å². The molecule has 5 heteroatoms. The van der Waals surface area contributed by atoms with Gasteiger partial charge in [0.15, 0.2) is 0 Å². The van der Waals surface area contributed by atoms with Crippen molar-refractivity contribution in [2.75, 3.05) is 39.8 Å². The zero-order chi connectivity index (χ0) is 13.8. The van der Waals surface area contributed by atoms with Crippen molar-refractivity contribution in [3.8, 4) is 0 Å². The minimum absolute atomic E-state index is 0.550. The quantitative estimate of drug-likeness (QED) is 0.926. The largest absolute Gasteiger partial charge is 0.388 e. The summed E-state index contributed by atoms with van der Waals surface area (Å²) < 4.78 is 0. The van der Waals surface area contributed by atoms with Crippen molar-refractivity contribution < 1.29 is 5.11 Å². The molecule has 106 valence electrons. The highest BCUT2D eigenvalue weighted by Crippen LogP contribution is 2.28. The maximum Gasteiger partial charge on any atom is 0.0817 e. The van der Waals surface area contributed by atoms with Gasteiger partial charge in [-0.3, -0.25) is 0 Å². The van der Waals surface area contributed by atoms with E-state index in [4.69, 9.17) is 23.2 Å². The second-order valence-corrected chi connectivity index (χ2v) is 5.96. The van der Waals surface area contributed by atoms with Gasteiger partial charge in [0.05, 0.1) is 6.10 Å². The molecule has 1 atom stereocenters. The molecule has 0 saturated carbocycles. The molecule has 1 aromatic rings. The lowest BCUT2D eigenvalue weighted by atomic mass is 10.1. The van der Waals surface area contributed by atoms with Crippen molar-refractivity contribution in [2.45, 2.75) is 12.5 Å². The molecule has 1 fully saturated rings. The molecule has 0 bridgehead atoms.